The van der Waals surface area contributed by atoms with Gasteiger partial charge in [0.2, 0.25) is 0 Å². The highest BCUT2D eigenvalue weighted by molar-refractivity contribution is 7.85. The predicted octanol–water partition coefficient (Wildman–Crippen LogP) is 0.942. The van der Waals surface area contributed by atoms with E-state index < -0.39 is 10.1 Å². The van der Waals surface area contributed by atoms with Gasteiger partial charge >= 0.3 is 5.97 Å². The lowest BCUT2D eigenvalue weighted by atomic mass is 10.1. The van der Waals surface area contributed by atoms with Crippen molar-refractivity contribution in [3.63, 3.8) is 0 Å². The van der Waals surface area contributed by atoms with E-state index in [0.29, 0.717) is 19.4 Å². The smallest absolute Gasteiger partial charge is 0.302 e. The Balaban J connectivity index is 3.49. The Labute approximate surface area is 90.9 Å². The van der Waals surface area contributed by atoms with E-state index in [2.05, 4.69) is 4.18 Å². The van der Waals surface area contributed by atoms with Gasteiger partial charge in [0.05, 0.1) is 19.5 Å². The van der Waals surface area contributed by atoms with Crippen LogP contribution in [0.2, 0.25) is 0 Å². The lowest BCUT2D eigenvalue weighted by Gasteiger charge is -2.10. The molecule has 0 N–H and O–H groups in total. The van der Waals surface area contributed by atoms with Crippen molar-refractivity contribution < 1.29 is 22.1 Å². The van der Waals surface area contributed by atoms with Crippen molar-refractivity contribution in [2.45, 2.75) is 26.7 Å². The monoisotopic (exact) mass is 238 g/mol. The van der Waals surface area contributed by atoms with Crippen LogP contribution in [0.4, 0.5) is 0 Å². The molecule has 0 saturated heterocycles. The first-order valence-corrected chi connectivity index (χ1v) is 6.60. The highest BCUT2D eigenvalue weighted by atomic mass is 32.2. The van der Waals surface area contributed by atoms with Crippen LogP contribution < -0.4 is 0 Å². The molecule has 0 aliphatic rings. The molecule has 0 aromatic heterocycles. The normalized spacial score (nSPS) is 13.5. The van der Waals surface area contributed by atoms with Crippen LogP contribution in [0, 0.1) is 5.92 Å². The topological polar surface area (TPSA) is 69.7 Å². The van der Waals surface area contributed by atoms with Crippen LogP contribution in [-0.4, -0.2) is 33.9 Å². The largest absolute Gasteiger partial charge is 0.466 e. The third-order valence-corrected chi connectivity index (χ3v) is 2.42. The summed E-state index contributed by atoms with van der Waals surface area (Å²) in [5.41, 5.74) is 0. The van der Waals surface area contributed by atoms with E-state index in [4.69, 9.17) is 4.74 Å². The molecular formula is C9H18O5S. The molecular weight excluding hydrogens is 220 g/mol. The predicted molar refractivity (Wildman–Crippen MR) is 55.8 cm³/mol. The first-order chi connectivity index (χ1) is 6.81. The Kier molecular flexibility index (Phi) is 6.51. The van der Waals surface area contributed by atoms with Gasteiger partial charge in [0.1, 0.15) is 0 Å². The molecule has 5 nitrogen and oxygen atoms in total. The van der Waals surface area contributed by atoms with Gasteiger partial charge in [-0.05, 0) is 18.8 Å². The minimum absolute atomic E-state index is 0.181. The Morgan fingerprint density at radius 2 is 1.80 bits per heavy atom. The third kappa shape index (κ3) is 11.3. The van der Waals surface area contributed by atoms with Crippen molar-refractivity contribution >= 4 is 16.1 Å². The SMILES string of the molecule is CC(=O)OCC[C@H](C)CCOS(C)(=O)=O. The van der Waals surface area contributed by atoms with Gasteiger partial charge in [-0.25, -0.2) is 0 Å². The molecule has 0 rings (SSSR count). The van der Waals surface area contributed by atoms with Gasteiger partial charge < -0.3 is 4.74 Å². The molecule has 0 heterocycles. The van der Waals surface area contributed by atoms with Gasteiger partial charge in [-0.3, -0.25) is 8.98 Å². The van der Waals surface area contributed by atoms with E-state index in [0.717, 1.165) is 6.26 Å². The summed E-state index contributed by atoms with van der Waals surface area (Å²) in [6.45, 7) is 3.86. The van der Waals surface area contributed by atoms with E-state index in [9.17, 15) is 13.2 Å². The van der Waals surface area contributed by atoms with Gasteiger partial charge in [0.25, 0.3) is 10.1 Å². The number of rotatable bonds is 7. The maximum Gasteiger partial charge on any atom is 0.302 e. The van der Waals surface area contributed by atoms with Gasteiger partial charge in [-0.2, -0.15) is 8.42 Å². The lowest BCUT2D eigenvalue weighted by molar-refractivity contribution is -0.141. The van der Waals surface area contributed by atoms with Gasteiger partial charge in [0.15, 0.2) is 0 Å². The van der Waals surface area contributed by atoms with E-state index in [1.54, 1.807) is 0 Å². The fraction of sp³-hybridized carbons (Fsp3) is 0.889. The van der Waals surface area contributed by atoms with E-state index in [1.807, 2.05) is 6.92 Å². The first-order valence-electron chi connectivity index (χ1n) is 4.79. The molecule has 0 aromatic carbocycles. The van der Waals surface area contributed by atoms with Crippen molar-refractivity contribution in [1.82, 2.24) is 0 Å². The van der Waals surface area contributed by atoms with Gasteiger partial charge in [-0.15, -0.1) is 0 Å². The third-order valence-electron chi connectivity index (χ3n) is 1.82. The standard InChI is InChI=1S/C9H18O5S/c1-8(4-6-13-9(2)10)5-7-14-15(3,11)12/h8H,4-7H2,1-3H3/t8-/m0/s1. The van der Waals surface area contributed by atoms with Crippen LogP contribution in [0.1, 0.15) is 26.7 Å². The summed E-state index contributed by atoms with van der Waals surface area (Å²) in [7, 11) is -3.34. The zero-order chi connectivity index (χ0) is 11.9. The summed E-state index contributed by atoms with van der Waals surface area (Å²) in [5, 5.41) is 0. The molecule has 0 unspecified atom stereocenters. The van der Waals surface area contributed by atoms with Crippen molar-refractivity contribution in [2.75, 3.05) is 19.5 Å². The summed E-state index contributed by atoms with van der Waals surface area (Å²) in [4.78, 5) is 10.4. The Morgan fingerprint density at radius 1 is 1.27 bits per heavy atom. The number of carbonyl (C=O) groups excluding carboxylic acids is 1. The van der Waals surface area contributed by atoms with Crippen LogP contribution in [0.15, 0.2) is 0 Å². The van der Waals surface area contributed by atoms with Crippen molar-refractivity contribution in [3.05, 3.63) is 0 Å². The Morgan fingerprint density at radius 3 is 2.27 bits per heavy atom. The highest BCUT2D eigenvalue weighted by Crippen LogP contribution is 2.08. The zero-order valence-electron chi connectivity index (χ0n) is 9.36. The number of carbonyl (C=O) groups is 1. The summed E-state index contributed by atoms with van der Waals surface area (Å²) >= 11 is 0. The second kappa shape index (κ2) is 6.79. The average molecular weight is 238 g/mol. The molecule has 0 aromatic rings. The van der Waals surface area contributed by atoms with Crippen LogP contribution in [-0.2, 0) is 23.8 Å². The van der Waals surface area contributed by atoms with Crippen LogP contribution >= 0.6 is 0 Å². The zero-order valence-corrected chi connectivity index (χ0v) is 10.2. The number of ether oxygens (including phenoxy) is 1. The fourth-order valence-electron chi connectivity index (χ4n) is 0.949. The molecule has 0 radical (unpaired) electrons. The van der Waals surface area contributed by atoms with Crippen molar-refractivity contribution in [3.8, 4) is 0 Å². The highest BCUT2D eigenvalue weighted by Gasteiger charge is 2.06. The molecule has 15 heavy (non-hydrogen) atoms. The average Bonchev–Trinajstić information content (AvgIpc) is 2.00. The second-order valence-electron chi connectivity index (χ2n) is 3.55. The minimum Gasteiger partial charge on any atom is -0.466 e. The lowest BCUT2D eigenvalue weighted by Crippen LogP contribution is -2.10. The fourth-order valence-corrected chi connectivity index (χ4v) is 1.35. The maximum absolute atomic E-state index is 10.6. The summed E-state index contributed by atoms with van der Waals surface area (Å²) in [6.07, 6.45) is 2.37. The quantitative estimate of drug-likeness (QED) is 0.487. The molecule has 90 valence electrons. The van der Waals surface area contributed by atoms with Gasteiger partial charge in [0, 0.05) is 6.92 Å². The first kappa shape index (κ1) is 14.4. The number of hydrogen-bond donors (Lipinski definition) is 0. The molecule has 0 aliphatic carbocycles. The van der Waals surface area contributed by atoms with Crippen LogP contribution in [0.3, 0.4) is 0 Å². The van der Waals surface area contributed by atoms with Crippen molar-refractivity contribution in [2.24, 2.45) is 5.92 Å². The van der Waals surface area contributed by atoms with Crippen molar-refractivity contribution in [1.29, 1.82) is 0 Å². The van der Waals surface area contributed by atoms with E-state index >= 15 is 0 Å². The van der Waals surface area contributed by atoms with Gasteiger partial charge in [-0.1, -0.05) is 6.92 Å². The summed E-state index contributed by atoms with van der Waals surface area (Å²) in [6, 6.07) is 0. The minimum atomic E-state index is -3.34. The maximum atomic E-state index is 10.6. The number of hydrogen-bond acceptors (Lipinski definition) is 5. The van der Waals surface area contributed by atoms with E-state index in [-0.39, 0.29) is 18.5 Å². The molecule has 0 spiro atoms. The summed E-state index contributed by atoms with van der Waals surface area (Å²) < 4.78 is 30.6. The Hall–Kier alpha value is -0.620. The molecule has 0 amide bonds. The molecule has 0 bridgehead atoms. The molecule has 0 fully saturated rings. The molecule has 6 heteroatoms. The molecule has 1 atom stereocenters. The summed E-state index contributed by atoms with van der Waals surface area (Å²) in [5.74, 6) is -0.0271. The molecule has 0 saturated carbocycles. The van der Waals surface area contributed by atoms with E-state index in [1.165, 1.54) is 6.92 Å². The number of esters is 1. The molecule has 0 aliphatic heterocycles. The van der Waals surface area contributed by atoms with Crippen LogP contribution in [0.5, 0.6) is 0 Å². The Bertz CT molecular complexity index is 283. The second-order valence-corrected chi connectivity index (χ2v) is 5.19. The van der Waals surface area contributed by atoms with Crippen LogP contribution in [0.25, 0.3) is 0 Å².